The quantitative estimate of drug-likeness (QED) is 0.855. The van der Waals surface area contributed by atoms with Crippen LogP contribution in [-0.2, 0) is 16.4 Å². The van der Waals surface area contributed by atoms with E-state index in [-0.39, 0.29) is 5.69 Å². The summed E-state index contributed by atoms with van der Waals surface area (Å²) in [5.74, 6) is -0.707. The van der Waals surface area contributed by atoms with E-state index in [4.69, 9.17) is 5.73 Å². The molecule has 1 heterocycles. The van der Waals surface area contributed by atoms with Crippen LogP contribution in [0, 0.1) is 0 Å². The number of nitrogens with zero attached hydrogens (tertiary/aromatic N) is 1. The first-order valence-corrected chi connectivity index (χ1v) is 4.87. The van der Waals surface area contributed by atoms with Gasteiger partial charge in [-0.3, -0.25) is 4.79 Å². The molecule has 0 aliphatic heterocycles. The zero-order valence-corrected chi connectivity index (χ0v) is 8.87. The minimum atomic E-state index is -4.48. The molecule has 0 bridgehead atoms. The molecule has 0 radical (unpaired) electrons. The second-order valence-electron chi connectivity index (χ2n) is 3.52. The molecule has 1 aromatic heterocycles. The second kappa shape index (κ2) is 3.48. The van der Waals surface area contributed by atoms with Gasteiger partial charge in [-0.2, -0.15) is 13.2 Å². The van der Waals surface area contributed by atoms with Crippen molar-refractivity contribution in [3.63, 3.8) is 0 Å². The van der Waals surface area contributed by atoms with Crippen LogP contribution in [0.2, 0.25) is 0 Å². The Morgan fingerprint density at radius 2 is 2.00 bits per heavy atom. The Bertz CT molecular complexity index is 383. The highest BCUT2D eigenvalue weighted by atomic mass is 32.1. The number of hydrogen-bond donors (Lipinski definition) is 1. The van der Waals surface area contributed by atoms with E-state index in [1.54, 1.807) is 0 Å². The van der Waals surface area contributed by atoms with Crippen LogP contribution < -0.4 is 5.73 Å². The molecule has 0 aliphatic rings. The monoisotopic (exact) mass is 238 g/mol. The SMILES string of the molecule is CC(C)(C(N)=O)c1csc(C(F)(F)F)n1. The fraction of sp³-hybridized carbons (Fsp3) is 0.500. The number of nitrogens with two attached hydrogens (primary N) is 1. The summed E-state index contributed by atoms with van der Waals surface area (Å²) in [6, 6.07) is 0. The summed E-state index contributed by atoms with van der Waals surface area (Å²) in [7, 11) is 0. The van der Waals surface area contributed by atoms with Gasteiger partial charge in [-0.15, -0.1) is 11.3 Å². The first-order chi connectivity index (χ1) is 6.65. The normalized spacial score (nSPS) is 12.9. The number of hydrogen-bond acceptors (Lipinski definition) is 3. The summed E-state index contributed by atoms with van der Waals surface area (Å²) in [6.45, 7) is 2.87. The number of aromatic nitrogens is 1. The van der Waals surface area contributed by atoms with Crippen LogP contribution in [0.15, 0.2) is 5.38 Å². The Hall–Kier alpha value is -1.11. The van der Waals surface area contributed by atoms with Gasteiger partial charge in [0.1, 0.15) is 0 Å². The molecule has 3 nitrogen and oxygen atoms in total. The van der Waals surface area contributed by atoms with Crippen LogP contribution in [0.3, 0.4) is 0 Å². The Kier molecular flexibility index (Phi) is 2.77. The molecule has 0 spiro atoms. The average Bonchev–Trinajstić information content (AvgIpc) is 2.50. The zero-order chi connectivity index (χ0) is 11.9. The van der Waals surface area contributed by atoms with Gasteiger partial charge < -0.3 is 5.73 Å². The Morgan fingerprint density at radius 1 is 1.47 bits per heavy atom. The number of carbonyl (C=O) groups excluding carboxylic acids is 1. The van der Waals surface area contributed by atoms with Gasteiger partial charge in [-0.05, 0) is 13.8 Å². The summed E-state index contributed by atoms with van der Waals surface area (Å²) < 4.78 is 36.7. The van der Waals surface area contributed by atoms with Crippen molar-refractivity contribution < 1.29 is 18.0 Å². The highest BCUT2D eigenvalue weighted by Crippen LogP contribution is 2.34. The van der Waals surface area contributed by atoms with Crippen molar-refractivity contribution in [1.82, 2.24) is 4.98 Å². The number of amides is 1. The van der Waals surface area contributed by atoms with E-state index in [1.165, 1.54) is 19.2 Å². The first kappa shape index (κ1) is 12.0. The lowest BCUT2D eigenvalue weighted by atomic mass is 9.89. The number of carbonyl (C=O) groups is 1. The number of halogens is 3. The molecule has 0 saturated heterocycles. The van der Waals surface area contributed by atoms with Gasteiger partial charge in [0.25, 0.3) is 0 Å². The number of alkyl halides is 3. The van der Waals surface area contributed by atoms with Crippen LogP contribution in [-0.4, -0.2) is 10.9 Å². The maximum Gasteiger partial charge on any atom is 0.443 e. The fourth-order valence-electron chi connectivity index (χ4n) is 0.817. The minimum absolute atomic E-state index is 0.0484. The molecule has 0 aromatic carbocycles. The Labute approximate surface area is 88.1 Å². The van der Waals surface area contributed by atoms with Gasteiger partial charge in [0.15, 0.2) is 5.01 Å². The van der Waals surface area contributed by atoms with E-state index in [0.717, 1.165) is 0 Å². The van der Waals surface area contributed by atoms with Crippen molar-refractivity contribution >= 4 is 17.2 Å². The number of thiazole rings is 1. The molecule has 0 unspecified atom stereocenters. The molecule has 0 atom stereocenters. The van der Waals surface area contributed by atoms with Gasteiger partial charge in [0.05, 0.1) is 11.1 Å². The largest absolute Gasteiger partial charge is 0.443 e. The lowest BCUT2D eigenvalue weighted by molar-refractivity contribution is -0.138. The Balaban J connectivity index is 3.10. The second-order valence-corrected chi connectivity index (χ2v) is 4.38. The van der Waals surface area contributed by atoms with E-state index < -0.39 is 22.5 Å². The minimum Gasteiger partial charge on any atom is -0.369 e. The third-order valence-corrected chi connectivity index (χ3v) is 2.89. The van der Waals surface area contributed by atoms with Crippen molar-refractivity contribution in [3.05, 3.63) is 16.1 Å². The molecule has 1 rings (SSSR count). The van der Waals surface area contributed by atoms with E-state index >= 15 is 0 Å². The average molecular weight is 238 g/mol. The summed E-state index contributed by atoms with van der Waals surface area (Å²) in [6.07, 6.45) is -4.48. The summed E-state index contributed by atoms with van der Waals surface area (Å²) in [5, 5.41) is 0.236. The predicted octanol–water partition coefficient (Wildman–Crippen LogP) is 1.92. The van der Waals surface area contributed by atoms with Crippen molar-refractivity contribution in [2.45, 2.75) is 25.4 Å². The van der Waals surface area contributed by atoms with Crippen LogP contribution >= 0.6 is 11.3 Å². The topological polar surface area (TPSA) is 56.0 Å². The first-order valence-electron chi connectivity index (χ1n) is 3.99. The lowest BCUT2D eigenvalue weighted by Crippen LogP contribution is -2.35. The van der Waals surface area contributed by atoms with Crippen molar-refractivity contribution in [2.75, 3.05) is 0 Å². The maximum absolute atomic E-state index is 12.2. The number of rotatable bonds is 2. The van der Waals surface area contributed by atoms with E-state index in [1.807, 2.05) is 0 Å². The molecule has 0 aliphatic carbocycles. The maximum atomic E-state index is 12.2. The van der Waals surface area contributed by atoms with Gasteiger partial charge in [0.2, 0.25) is 5.91 Å². The van der Waals surface area contributed by atoms with E-state index in [2.05, 4.69) is 4.98 Å². The molecule has 1 amide bonds. The van der Waals surface area contributed by atoms with Gasteiger partial charge in [0, 0.05) is 5.38 Å². The molecular weight excluding hydrogens is 229 g/mol. The molecule has 7 heteroatoms. The smallest absolute Gasteiger partial charge is 0.369 e. The van der Waals surface area contributed by atoms with Gasteiger partial charge >= 0.3 is 6.18 Å². The van der Waals surface area contributed by atoms with Gasteiger partial charge in [-0.25, -0.2) is 4.98 Å². The van der Waals surface area contributed by atoms with Gasteiger partial charge in [-0.1, -0.05) is 0 Å². The number of primary amides is 1. The molecule has 0 fully saturated rings. The van der Waals surface area contributed by atoms with Crippen molar-refractivity contribution in [1.29, 1.82) is 0 Å². The van der Waals surface area contributed by atoms with Crippen LogP contribution in [0.4, 0.5) is 13.2 Å². The van der Waals surface area contributed by atoms with E-state index in [0.29, 0.717) is 11.3 Å². The summed E-state index contributed by atoms with van der Waals surface area (Å²) >= 11 is 0.457. The molecule has 84 valence electrons. The Morgan fingerprint density at radius 3 is 2.33 bits per heavy atom. The standard InChI is InChI=1S/C8H9F3N2OS/c1-7(2,5(12)14)4-3-15-6(13-4)8(9,10)11/h3H,1-2H3,(H2,12,14). The molecular formula is C8H9F3N2OS. The van der Waals surface area contributed by atoms with Crippen LogP contribution in [0.5, 0.6) is 0 Å². The van der Waals surface area contributed by atoms with Crippen LogP contribution in [0.1, 0.15) is 24.5 Å². The van der Waals surface area contributed by atoms with Crippen molar-refractivity contribution in [3.8, 4) is 0 Å². The van der Waals surface area contributed by atoms with Crippen LogP contribution in [0.25, 0.3) is 0 Å². The lowest BCUT2D eigenvalue weighted by Gasteiger charge is -2.17. The van der Waals surface area contributed by atoms with Crippen molar-refractivity contribution in [2.24, 2.45) is 5.73 Å². The molecule has 1 aromatic rings. The third kappa shape index (κ3) is 2.28. The molecule has 15 heavy (non-hydrogen) atoms. The summed E-state index contributed by atoms with van der Waals surface area (Å²) in [4.78, 5) is 14.4. The zero-order valence-electron chi connectivity index (χ0n) is 8.05. The summed E-state index contributed by atoms with van der Waals surface area (Å²) in [5.41, 5.74) is 3.93. The predicted molar refractivity (Wildman–Crippen MR) is 49.3 cm³/mol. The highest BCUT2D eigenvalue weighted by molar-refractivity contribution is 7.09. The molecule has 0 saturated carbocycles. The highest BCUT2D eigenvalue weighted by Gasteiger charge is 2.38. The molecule has 2 N–H and O–H groups in total. The third-order valence-electron chi connectivity index (χ3n) is 2.00. The van der Waals surface area contributed by atoms with E-state index in [9.17, 15) is 18.0 Å². The fourth-order valence-corrected chi connectivity index (χ4v) is 1.67.